The topological polar surface area (TPSA) is 52.6 Å². The van der Waals surface area contributed by atoms with E-state index in [4.69, 9.17) is 9.47 Å². The van der Waals surface area contributed by atoms with Crippen LogP contribution in [0.15, 0.2) is 0 Å². The largest absolute Gasteiger partial charge is 0.374 e. The normalized spacial score (nSPS) is 42.3. The van der Waals surface area contributed by atoms with Gasteiger partial charge in [0.25, 0.3) is 0 Å². The van der Waals surface area contributed by atoms with Crippen LogP contribution in [0.4, 0.5) is 0 Å². The molecular formula is C34H56O4. The molecule has 0 bridgehead atoms. The van der Waals surface area contributed by atoms with Gasteiger partial charge in [-0.25, -0.2) is 0 Å². The molecule has 0 aromatic heterocycles. The first-order valence-electron chi connectivity index (χ1n) is 16.3. The second-order valence-electron chi connectivity index (χ2n) is 15.9. The molecule has 5 fully saturated rings. The highest BCUT2D eigenvalue weighted by Gasteiger charge is 2.53. The molecule has 0 N–H and O–H groups in total. The molecule has 5 rings (SSSR count). The maximum Gasteiger partial charge on any atom is 0.141 e. The van der Waals surface area contributed by atoms with E-state index in [1.54, 1.807) is 0 Å². The number of Topliss-reactive ketones (excluding diaryl/α,β-unsaturated/α-hetero) is 2. The first kappa shape index (κ1) is 28.8. The van der Waals surface area contributed by atoms with Gasteiger partial charge in [-0.2, -0.15) is 0 Å². The Morgan fingerprint density at radius 1 is 0.658 bits per heavy atom. The standard InChI is InChI=1S/C34H56O4/c1-33(2,3)24-15-10-21(11-16-24)30(35)23-14-19-26-27-8-7-9-28(32(27)37-29(26)20-23)31(36)22-12-17-25(18-13-22)38-34(4,5)6/h21-29,32H,7-20H2,1-6H3. The Bertz CT molecular complexity index is 834. The number of hydrogen-bond acceptors (Lipinski definition) is 4. The molecule has 6 atom stereocenters. The summed E-state index contributed by atoms with van der Waals surface area (Å²) >= 11 is 0. The second kappa shape index (κ2) is 11.3. The van der Waals surface area contributed by atoms with Crippen LogP contribution in [0, 0.1) is 46.8 Å². The lowest BCUT2D eigenvalue weighted by Crippen LogP contribution is -2.41. The van der Waals surface area contributed by atoms with Crippen molar-refractivity contribution in [2.75, 3.05) is 0 Å². The highest BCUT2D eigenvalue weighted by atomic mass is 16.5. The fourth-order valence-corrected chi connectivity index (χ4v) is 9.26. The van der Waals surface area contributed by atoms with E-state index in [9.17, 15) is 9.59 Å². The minimum absolute atomic E-state index is 0.0752. The van der Waals surface area contributed by atoms with E-state index in [0.717, 1.165) is 76.5 Å². The van der Waals surface area contributed by atoms with Crippen molar-refractivity contribution in [1.29, 1.82) is 0 Å². The van der Waals surface area contributed by atoms with Crippen molar-refractivity contribution in [3.8, 4) is 0 Å². The summed E-state index contributed by atoms with van der Waals surface area (Å²) in [6, 6.07) is 0. The first-order chi connectivity index (χ1) is 17.9. The molecule has 4 aliphatic carbocycles. The molecule has 6 unspecified atom stereocenters. The van der Waals surface area contributed by atoms with Crippen LogP contribution in [0.3, 0.4) is 0 Å². The highest BCUT2D eigenvalue weighted by Crippen LogP contribution is 2.52. The minimum atomic E-state index is -0.114. The summed E-state index contributed by atoms with van der Waals surface area (Å²) in [5, 5.41) is 0. The molecule has 0 aromatic rings. The highest BCUT2D eigenvalue weighted by molar-refractivity contribution is 5.84. The zero-order chi connectivity index (χ0) is 27.2. The third-order valence-corrected chi connectivity index (χ3v) is 11.3. The molecule has 5 aliphatic rings. The maximum atomic E-state index is 13.8. The van der Waals surface area contributed by atoms with E-state index in [1.165, 1.54) is 19.3 Å². The van der Waals surface area contributed by atoms with Crippen molar-refractivity contribution in [2.45, 2.75) is 155 Å². The Balaban J connectivity index is 1.15. The van der Waals surface area contributed by atoms with Gasteiger partial charge in [-0.3, -0.25) is 9.59 Å². The van der Waals surface area contributed by atoms with Crippen LogP contribution < -0.4 is 0 Å². The molecule has 0 radical (unpaired) electrons. The fourth-order valence-electron chi connectivity index (χ4n) is 9.26. The number of rotatable bonds is 5. The molecule has 4 heteroatoms. The van der Waals surface area contributed by atoms with Gasteiger partial charge in [0.1, 0.15) is 11.6 Å². The summed E-state index contributed by atoms with van der Waals surface area (Å²) in [6.45, 7) is 13.4. The van der Waals surface area contributed by atoms with Crippen LogP contribution in [-0.4, -0.2) is 35.5 Å². The lowest BCUT2D eigenvalue weighted by Gasteiger charge is -2.39. The Morgan fingerprint density at radius 3 is 1.89 bits per heavy atom. The zero-order valence-corrected chi connectivity index (χ0v) is 25.3. The van der Waals surface area contributed by atoms with Gasteiger partial charge in [0.2, 0.25) is 0 Å². The lowest BCUT2D eigenvalue weighted by atomic mass is 9.64. The van der Waals surface area contributed by atoms with E-state index in [1.807, 2.05) is 0 Å². The Kier molecular flexibility index (Phi) is 8.53. The lowest BCUT2D eigenvalue weighted by molar-refractivity contribution is -0.139. The average Bonchev–Trinajstić information content (AvgIpc) is 3.25. The smallest absolute Gasteiger partial charge is 0.141 e. The maximum absolute atomic E-state index is 13.8. The van der Waals surface area contributed by atoms with E-state index >= 15 is 0 Å². The van der Waals surface area contributed by atoms with Crippen molar-refractivity contribution in [3.63, 3.8) is 0 Å². The van der Waals surface area contributed by atoms with Crippen molar-refractivity contribution in [1.82, 2.24) is 0 Å². The predicted octanol–water partition coefficient (Wildman–Crippen LogP) is 7.95. The molecule has 0 aromatic carbocycles. The van der Waals surface area contributed by atoms with E-state index in [0.29, 0.717) is 34.9 Å². The SMILES string of the molecule is CC(C)(C)OC1CCC(C(=O)C2CCCC3C4CCC(C(=O)C5CCC(C(C)(C)C)CC5)CC4OC23)CC1. The van der Waals surface area contributed by atoms with Crippen LogP contribution >= 0.6 is 0 Å². The summed E-state index contributed by atoms with van der Waals surface area (Å²) in [7, 11) is 0. The molecule has 38 heavy (non-hydrogen) atoms. The molecule has 1 aliphatic heterocycles. The second-order valence-corrected chi connectivity index (χ2v) is 15.9. The van der Waals surface area contributed by atoms with Gasteiger partial charge >= 0.3 is 0 Å². The Hall–Kier alpha value is -0.740. The van der Waals surface area contributed by atoms with E-state index in [-0.39, 0.29) is 41.5 Å². The molecule has 4 nitrogen and oxygen atoms in total. The Labute approximate surface area is 232 Å². The summed E-state index contributed by atoms with van der Waals surface area (Å²) in [5.41, 5.74) is 0.241. The fraction of sp³-hybridized carbons (Fsp3) is 0.941. The predicted molar refractivity (Wildman–Crippen MR) is 152 cm³/mol. The van der Waals surface area contributed by atoms with Crippen molar-refractivity contribution < 1.29 is 19.1 Å². The molecule has 4 saturated carbocycles. The molecule has 216 valence electrons. The summed E-state index contributed by atoms with van der Waals surface area (Å²) in [4.78, 5) is 27.4. The van der Waals surface area contributed by atoms with Gasteiger partial charge in [0.15, 0.2) is 0 Å². The molecule has 1 heterocycles. The van der Waals surface area contributed by atoms with Crippen molar-refractivity contribution in [3.05, 3.63) is 0 Å². The van der Waals surface area contributed by atoms with E-state index in [2.05, 4.69) is 41.5 Å². The van der Waals surface area contributed by atoms with Crippen LogP contribution in [0.1, 0.15) is 131 Å². The Morgan fingerprint density at radius 2 is 1.26 bits per heavy atom. The minimum Gasteiger partial charge on any atom is -0.374 e. The molecule has 1 saturated heterocycles. The van der Waals surface area contributed by atoms with Gasteiger partial charge in [0, 0.05) is 23.7 Å². The third kappa shape index (κ3) is 6.27. The number of ether oxygens (including phenoxy) is 2. The quantitative estimate of drug-likeness (QED) is 0.363. The van der Waals surface area contributed by atoms with Crippen molar-refractivity contribution >= 4 is 11.6 Å². The van der Waals surface area contributed by atoms with Gasteiger partial charge in [0.05, 0.1) is 23.9 Å². The van der Waals surface area contributed by atoms with Crippen LogP contribution in [0.25, 0.3) is 0 Å². The average molecular weight is 529 g/mol. The van der Waals surface area contributed by atoms with Gasteiger partial charge < -0.3 is 9.47 Å². The number of carbonyl (C=O) groups excluding carboxylic acids is 2. The number of carbonyl (C=O) groups is 2. The number of ketones is 2. The van der Waals surface area contributed by atoms with Crippen LogP contribution in [0.2, 0.25) is 0 Å². The molecular weight excluding hydrogens is 472 g/mol. The van der Waals surface area contributed by atoms with Crippen LogP contribution in [0.5, 0.6) is 0 Å². The summed E-state index contributed by atoms with van der Waals surface area (Å²) in [5.74, 6) is 3.57. The summed E-state index contributed by atoms with van der Waals surface area (Å²) in [6.07, 6.45) is 15.5. The summed E-state index contributed by atoms with van der Waals surface area (Å²) < 4.78 is 13.0. The third-order valence-electron chi connectivity index (χ3n) is 11.3. The van der Waals surface area contributed by atoms with Gasteiger partial charge in [-0.05, 0) is 127 Å². The van der Waals surface area contributed by atoms with Gasteiger partial charge in [-0.1, -0.05) is 27.2 Å². The van der Waals surface area contributed by atoms with Crippen LogP contribution in [-0.2, 0) is 19.1 Å². The number of fused-ring (bicyclic) bond motifs is 3. The zero-order valence-electron chi connectivity index (χ0n) is 25.3. The molecule has 0 spiro atoms. The van der Waals surface area contributed by atoms with Crippen molar-refractivity contribution in [2.24, 2.45) is 46.8 Å². The monoisotopic (exact) mass is 528 g/mol. The van der Waals surface area contributed by atoms with Gasteiger partial charge in [-0.15, -0.1) is 0 Å². The molecule has 0 amide bonds. The number of hydrogen-bond donors (Lipinski definition) is 0. The van der Waals surface area contributed by atoms with E-state index < -0.39 is 0 Å². The first-order valence-corrected chi connectivity index (χ1v) is 16.3.